The van der Waals surface area contributed by atoms with E-state index in [9.17, 15) is 0 Å². The third kappa shape index (κ3) is 0.736. The lowest BCUT2D eigenvalue weighted by molar-refractivity contribution is 1.83. The molecule has 0 unspecified atom stereocenters. The summed E-state index contributed by atoms with van der Waals surface area (Å²) in [5, 5.41) is 3.16. The van der Waals surface area contributed by atoms with Crippen molar-refractivity contribution in [3.8, 4) is 0 Å². The minimum Gasteiger partial charge on any atom is -0.143 e. The lowest BCUT2D eigenvalue weighted by atomic mass is 10.3. The highest BCUT2D eigenvalue weighted by Gasteiger charge is 1.88. The summed E-state index contributed by atoms with van der Waals surface area (Å²) in [6.07, 6.45) is 0. The third-order valence-corrected chi connectivity index (χ3v) is 2.05. The zero-order valence-corrected chi connectivity index (χ0v) is 5.53. The SMILES string of the molecule is [c]1ccc2[c]csc2c1. The molecule has 2 radical (unpaired) electrons. The van der Waals surface area contributed by atoms with Crippen molar-refractivity contribution in [2.75, 3.05) is 0 Å². The van der Waals surface area contributed by atoms with Gasteiger partial charge in [0.15, 0.2) is 0 Å². The highest BCUT2D eigenvalue weighted by Crippen LogP contribution is 2.17. The van der Waals surface area contributed by atoms with Crippen LogP contribution in [0.1, 0.15) is 0 Å². The third-order valence-electron chi connectivity index (χ3n) is 1.23. The van der Waals surface area contributed by atoms with Crippen molar-refractivity contribution in [1.82, 2.24) is 0 Å². The van der Waals surface area contributed by atoms with Crippen molar-refractivity contribution in [2.24, 2.45) is 0 Å². The number of rotatable bonds is 0. The molecule has 9 heavy (non-hydrogen) atoms. The topological polar surface area (TPSA) is 0 Å². The van der Waals surface area contributed by atoms with E-state index in [0.29, 0.717) is 0 Å². The fraction of sp³-hybridized carbons (Fsp3) is 0. The van der Waals surface area contributed by atoms with Gasteiger partial charge in [-0.15, -0.1) is 11.3 Å². The van der Waals surface area contributed by atoms with Crippen LogP contribution in [0, 0.1) is 12.1 Å². The number of hydrogen-bond acceptors (Lipinski definition) is 1. The Kier molecular flexibility index (Phi) is 1.03. The first-order valence-corrected chi connectivity index (χ1v) is 3.60. The van der Waals surface area contributed by atoms with E-state index in [2.05, 4.69) is 12.1 Å². The second-order valence-corrected chi connectivity index (χ2v) is 2.71. The van der Waals surface area contributed by atoms with Crippen LogP contribution in [0.15, 0.2) is 23.6 Å². The van der Waals surface area contributed by atoms with Gasteiger partial charge in [0, 0.05) is 16.2 Å². The Morgan fingerprint density at radius 1 is 1.44 bits per heavy atom. The predicted molar refractivity (Wildman–Crippen MR) is 39.5 cm³/mol. The smallest absolute Gasteiger partial charge is 0.0355 e. The summed E-state index contributed by atoms with van der Waals surface area (Å²) in [5.41, 5.74) is 0. The molecule has 0 saturated heterocycles. The maximum Gasteiger partial charge on any atom is 0.0355 e. The van der Waals surface area contributed by atoms with Crippen LogP contribution in [0.3, 0.4) is 0 Å². The lowest BCUT2D eigenvalue weighted by Crippen LogP contribution is -1.57. The van der Waals surface area contributed by atoms with Gasteiger partial charge in [0.2, 0.25) is 0 Å². The van der Waals surface area contributed by atoms with Gasteiger partial charge < -0.3 is 0 Å². The van der Waals surface area contributed by atoms with Crippen LogP contribution >= 0.6 is 11.3 Å². The van der Waals surface area contributed by atoms with Gasteiger partial charge in [-0.2, -0.15) is 0 Å². The normalized spacial score (nSPS) is 10.2. The Bertz CT molecular complexity index is 279. The first-order valence-electron chi connectivity index (χ1n) is 2.72. The molecule has 0 nitrogen and oxygen atoms in total. The van der Waals surface area contributed by atoms with Crippen molar-refractivity contribution in [3.05, 3.63) is 35.7 Å². The Hall–Kier alpha value is -0.820. The van der Waals surface area contributed by atoms with Crippen LogP contribution in [0.4, 0.5) is 0 Å². The summed E-state index contributed by atoms with van der Waals surface area (Å²) in [6, 6.07) is 12.0. The van der Waals surface area contributed by atoms with Crippen molar-refractivity contribution < 1.29 is 0 Å². The average molecular weight is 132 g/mol. The summed E-state index contributed by atoms with van der Waals surface area (Å²) >= 11 is 1.70. The first-order chi connectivity index (χ1) is 4.47. The van der Waals surface area contributed by atoms with Crippen molar-refractivity contribution in [3.63, 3.8) is 0 Å². The van der Waals surface area contributed by atoms with Crippen LogP contribution in [0.2, 0.25) is 0 Å². The highest BCUT2D eigenvalue weighted by molar-refractivity contribution is 7.17. The summed E-state index contributed by atoms with van der Waals surface area (Å²) < 4.78 is 1.26. The molecule has 1 aromatic carbocycles. The van der Waals surface area contributed by atoms with E-state index in [-0.39, 0.29) is 0 Å². The van der Waals surface area contributed by atoms with Crippen molar-refractivity contribution >= 4 is 21.4 Å². The van der Waals surface area contributed by atoms with Crippen LogP contribution in [0.5, 0.6) is 0 Å². The molecular weight excluding hydrogens is 128 g/mol. The zero-order chi connectivity index (χ0) is 6.10. The van der Waals surface area contributed by atoms with E-state index >= 15 is 0 Å². The summed E-state index contributed by atoms with van der Waals surface area (Å²) in [6.45, 7) is 0. The molecule has 0 fully saturated rings. The molecule has 1 aromatic heterocycles. The molecule has 2 aromatic rings. The van der Waals surface area contributed by atoms with E-state index in [1.165, 1.54) is 10.1 Å². The largest absolute Gasteiger partial charge is 0.143 e. The van der Waals surface area contributed by atoms with Crippen LogP contribution in [-0.4, -0.2) is 0 Å². The average Bonchev–Trinajstić information content (AvgIpc) is 2.33. The van der Waals surface area contributed by atoms with E-state index in [1.807, 2.05) is 23.6 Å². The summed E-state index contributed by atoms with van der Waals surface area (Å²) in [5.74, 6) is 0. The number of benzene rings is 1. The molecule has 0 amide bonds. The monoisotopic (exact) mass is 132 g/mol. The Labute approximate surface area is 57.8 Å². The second kappa shape index (κ2) is 1.85. The Balaban J connectivity index is 2.95. The molecule has 0 aliphatic carbocycles. The van der Waals surface area contributed by atoms with Gasteiger partial charge in [-0.1, -0.05) is 12.1 Å². The second-order valence-electron chi connectivity index (χ2n) is 1.80. The zero-order valence-electron chi connectivity index (χ0n) is 4.72. The maximum atomic E-state index is 3.12. The van der Waals surface area contributed by atoms with Gasteiger partial charge in [-0.05, 0) is 17.5 Å². The molecule has 0 N–H and O–H groups in total. The standard InChI is InChI=1S/C8H4S/c1-2-4-8-7(3-1)5-6-9-8/h1,3-4,6H. The summed E-state index contributed by atoms with van der Waals surface area (Å²) in [4.78, 5) is 0. The fourth-order valence-corrected chi connectivity index (χ4v) is 1.49. The van der Waals surface area contributed by atoms with Crippen LogP contribution < -0.4 is 0 Å². The van der Waals surface area contributed by atoms with Crippen LogP contribution in [-0.2, 0) is 0 Å². The molecule has 2 rings (SSSR count). The molecule has 0 saturated carbocycles. The van der Waals surface area contributed by atoms with E-state index in [4.69, 9.17) is 0 Å². The van der Waals surface area contributed by atoms with Gasteiger partial charge in [0.1, 0.15) is 0 Å². The molecule has 0 aliphatic rings. The molecule has 1 heterocycles. The fourth-order valence-electron chi connectivity index (χ4n) is 0.788. The van der Waals surface area contributed by atoms with Gasteiger partial charge >= 0.3 is 0 Å². The lowest BCUT2D eigenvalue weighted by Gasteiger charge is -1.81. The van der Waals surface area contributed by atoms with Gasteiger partial charge in [-0.25, -0.2) is 0 Å². The molecule has 42 valence electrons. The number of thiophene rings is 1. The maximum absolute atomic E-state index is 3.12. The molecule has 0 aliphatic heterocycles. The van der Waals surface area contributed by atoms with Crippen LogP contribution in [0.25, 0.3) is 10.1 Å². The van der Waals surface area contributed by atoms with Crippen molar-refractivity contribution in [2.45, 2.75) is 0 Å². The van der Waals surface area contributed by atoms with E-state index in [1.54, 1.807) is 11.3 Å². The molecule has 0 spiro atoms. The van der Waals surface area contributed by atoms with Crippen molar-refractivity contribution in [1.29, 1.82) is 0 Å². The minimum absolute atomic E-state index is 1.19. The van der Waals surface area contributed by atoms with Gasteiger partial charge in [0.25, 0.3) is 0 Å². The van der Waals surface area contributed by atoms with E-state index < -0.39 is 0 Å². The highest BCUT2D eigenvalue weighted by atomic mass is 32.1. The first kappa shape index (κ1) is 5.00. The molecular formula is C8H4S. The summed E-state index contributed by atoms with van der Waals surface area (Å²) in [7, 11) is 0. The molecule has 1 heteroatoms. The van der Waals surface area contributed by atoms with Gasteiger partial charge in [0.05, 0.1) is 0 Å². The number of fused-ring (bicyclic) bond motifs is 1. The Morgan fingerprint density at radius 3 is 3.33 bits per heavy atom. The van der Waals surface area contributed by atoms with Gasteiger partial charge in [-0.3, -0.25) is 0 Å². The predicted octanol–water partition coefficient (Wildman–Crippen LogP) is 2.50. The molecule has 0 atom stereocenters. The Morgan fingerprint density at radius 2 is 2.44 bits per heavy atom. The quantitative estimate of drug-likeness (QED) is 0.516. The van der Waals surface area contributed by atoms with E-state index in [0.717, 1.165) is 0 Å². The number of hydrogen-bond donors (Lipinski definition) is 0. The minimum atomic E-state index is 1.19. The molecule has 0 bridgehead atoms.